The standard InChI is InChI=1S/C16H19FN2O/c1-16(2,12-3-5-13(17)6-4-12)14(20)9-11-7-8-19-15(18)10-11/h3-8,10,14,20H,9H2,1-2H3,(H2,18,19). The van der Waals surface area contributed by atoms with Crippen LogP contribution in [0.5, 0.6) is 0 Å². The van der Waals surface area contributed by atoms with E-state index in [9.17, 15) is 9.50 Å². The lowest BCUT2D eigenvalue weighted by molar-refractivity contribution is 0.0999. The number of benzene rings is 1. The first kappa shape index (κ1) is 14.5. The van der Waals surface area contributed by atoms with Crippen molar-refractivity contribution in [2.75, 3.05) is 5.73 Å². The second kappa shape index (κ2) is 5.59. The van der Waals surface area contributed by atoms with Crippen LogP contribution in [0.3, 0.4) is 0 Å². The van der Waals surface area contributed by atoms with E-state index < -0.39 is 11.5 Å². The second-order valence-electron chi connectivity index (χ2n) is 5.54. The Morgan fingerprint density at radius 3 is 2.50 bits per heavy atom. The van der Waals surface area contributed by atoms with E-state index in [0.29, 0.717) is 12.2 Å². The number of rotatable bonds is 4. The molecule has 0 aliphatic heterocycles. The van der Waals surface area contributed by atoms with Crippen molar-refractivity contribution in [3.05, 3.63) is 59.5 Å². The zero-order valence-electron chi connectivity index (χ0n) is 11.7. The SMILES string of the molecule is CC(C)(c1ccc(F)cc1)C(O)Cc1ccnc(N)c1. The third-order valence-corrected chi connectivity index (χ3v) is 3.70. The number of aromatic nitrogens is 1. The van der Waals surface area contributed by atoms with Crippen molar-refractivity contribution in [3.8, 4) is 0 Å². The average Bonchev–Trinajstić information content (AvgIpc) is 2.39. The lowest BCUT2D eigenvalue weighted by Gasteiger charge is -2.31. The molecule has 0 spiro atoms. The van der Waals surface area contributed by atoms with Crippen LogP contribution in [0.4, 0.5) is 10.2 Å². The van der Waals surface area contributed by atoms with Crippen LogP contribution in [0.2, 0.25) is 0 Å². The molecular weight excluding hydrogens is 255 g/mol. The Balaban J connectivity index is 2.18. The number of aliphatic hydroxyl groups excluding tert-OH is 1. The third-order valence-electron chi connectivity index (χ3n) is 3.70. The molecule has 1 aromatic heterocycles. The van der Waals surface area contributed by atoms with Gasteiger partial charge in [-0.05, 0) is 41.8 Å². The van der Waals surface area contributed by atoms with Crippen molar-refractivity contribution in [2.45, 2.75) is 31.8 Å². The highest BCUT2D eigenvalue weighted by Crippen LogP contribution is 2.29. The summed E-state index contributed by atoms with van der Waals surface area (Å²) in [5.41, 5.74) is 6.98. The largest absolute Gasteiger partial charge is 0.392 e. The molecule has 0 bridgehead atoms. The van der Waals surface area contributed by atoms with Gasteiger partial charge in [-0.15, -0.1) is 0 Å². The fraction of sp³-hybridized carbons (Fsp3) is 0.312. The maximum Gasteiger partial charge on any atom is 0.123 e. The predicted molar refractivity (Wildman–Crippen MR) is 77.8 cm³/mol. The van der Waals surface area contributed by atoms with Gasteiger partial charge in [-0.2, -0.15) is 0 Å². The van der Waals surface area contributed by atoms with Gasteiger partial charge in [-0.1, -0.05) is 26.0 Å². The summed E-state index contributed by atoms with van der Waals surface area (Å²) in [6, 6.07) is 9.83. The fourth-order valence-corrected chi connectivity index (χ4v) is 2.17. The number of nitrogens with two attached hydrogens (primary N) is 1. The highest BCUT2D eigenvalue weighted by Gasteiger charge is 2.29. The van der Waals surface area contributed by atoms with E-state index >= 15 is 0 Å². The Labute approximate surface area is 118 Å². The minimum Gasteiger partial charge on any atom is -0.392 e. The van der Waals surface area contributed by atoms with Crippen LogP contribution in [-0.2, 0) is 11.8 Å². The number of hydrogen-bond acceptors (Lipinski definition) is 3. The Morgan fingerprint density at radius 1 is 1.25 bits per heavy atom. The van der Waals surface area contributed by atoms with Crippen LogP contribution in [-0.4, -0.2) is 16.2 Å². The van der Waals surface area contributed by atoms with Crippen molar-refractivity contribution in [3.63, 3.8) is 0 Å². The first-order valence-electron chi connectivity index (χ1n) is 6.54. The molecule has 1 atom stereocenters. The van der Waals surface area contributed by atoms with Crippen molar-refractivity contribution in [1.29, 1.82) is 0 Å². The number of aliphatic hydroxyl groups is 1. The number of nitrogen functional groups attached to an aromatic ring is 1. The molecule has 3 nitrogen and oxygen atoms in total. The van der Waals surface area contributed by atoms with Crippen LogP contribution in [0.15, 0.2) is 42.6 Å². The normalized spacial score (nSPS) is 13.2. The summed E-state index contributed by atoms with van der Waals surface area (Å²) < 4.78 is 13.0. The molecule has 0 fully saturated rings. The summed E-state index contributed by atoms with van der Waals surface area (Å²) in [6.07, 6.45) is 1.49. The highest BCUT2D eigenvalue weighted by molar-refractivity contribution is 5.33. The Morgan fingerprint density at radius 2 is 1.90 bits per heavy atom. The van der Waals surface area contributed by atoms with Gasteiger partial charge < -0.3 is 10.8 Å². The van der Waals surface area contributed by atoms with Crippen LogP contribution in [0.25, 0.3) is 0 Å². The number of nitrogens with zero attached hydrogens (tertiary/aromatic N) is 1. The Hall–Kier alpha value is -1.94. The molecule has 2 aromatic rings. The molecule has 3 N–H and O–H groups in total. The molecule has 2 rings (SSSR count). The van der Waals surface area contributed by atoms with E-state index in [1.54, 1.807) is 24.4 Å². The summed E-state index contributed by atoms with van der Waals surface area (Å²) in [5, 5.41) is 10.5. The van der Waals surface area contributed by atoms with Crippen LogP contribution in [0.1, 0.15) is 25.0 Å². The number of halogens is 1. The minimum absolute atomic E-state index is 0.277. The topological polar surface area (TPSA) is 59.1 Å². The molecule has 1 heterocycles. The van der Waals surface area contributed by atoms with E-state index in [2.05, 4.69) is 4.98 Å². The molecule has 0 aliphatic rings. The molecule has 0 saturated carbocycles. The van der Waals surface area contributed by atoms with E-state index in [4.69, 9.17) is 5.73 Å². The van der Waals surface area contributed by atoms with Crippen molar-refractivity contribution < 1.29 is 9.50 Å². The Bertz CT molecular complexity index is 581. The van der Waals surface area contributed by atoms with Gasteiger partial charge in [-0.25, -0.2) is 9.37 Å². The number of hydrogen-bond donors (Lipinski definition) is 2. The third kappa shape index (κ3) is 3.14. The highest BCUT2D eigenvalue weighted by atomic mass is 19.1. The first-order valence-corrected chi connectivity index (χ1v) is 6.54. The zero-order valence-corrected chi connectivity index (χ0v) is 11.7. The van der Waals surface area contributed by atoms with E-state index in [1.165, 1.54) is 12.1 Å². The molecule has 1 aromatic carbocycles. The van der Waals surface area contributed by atoms with Crippen LogP contribution in [0, 0.1) is 5.82 Å². The van der Waals surface area contributed by atoms with E-state index in [0.717, 1.165) is 11.1 Å². The van der Waals surface area contributed by atoms with Gasteiger partial charge in [0.15, 0.2) is 0 Å². The van der Waals surface area contributed by atoms with Crippen molar-refractivity contribution >= 4 is 5.82 Å². The summed E-state index contributed by atoms with van der Waals surface area (Å²) in [6.45, 7) is 3.88. The van der Waals surface area contributed by atoms with E-state index in [-0.39, 0.29) is 5.82 Å². The lowest BCUT2D eigenvalue weighted by Crippen LogP contribution is -2.35. The van der Waals surface area contributed by atoms with Crippen molar-refractivity contribution in [1.82, 2.24) is 4.98 Å². The van der Waals surface area contributed by atoms with Gasteiger partial charge in [0, 0.05) is 11.6 Å². The molecule has 0 radical (unpaired) electrons. The maximum absolute atomic E-state index is 13.0. The molecule has 0 saturated heterocycles. The first-order chi connectivity index (χ1) is 9.39. The predicted octanol–water partition coefficient (Wildman–Crippen LogP) is 2.68. The van der Waals surface area contributed by atoms with Gasteiger partial charge in [-0.3, -0.25) is 0 Å². The summed E-state index contributed by atoms with van der Waals surface area (Å²) in [4.78, 5) is 3.93. The van der Waals surface area contributed by atoms with Crippen molar-refractivity contribution in [2.24, 2.45) is 0 Å². The molecule has 1 unspecified atom stereocenters. The second-order valence-corrected chi connectivity index (χ2v) is 5.54. The van der Waals surface area contributed by atoms with E-state index in [1.807, 2.05) is 19.9 Å². The van der Waals surface area contributed by atoms with Gasteiger partial charge >= 0.3 is 0 Å². The molecular formula is C16H19FN2O. The maximum atomic E-state index is 13.0. The monoisotopic (exact) mass is 274 g/mol. The number of anilines is 1. The van der Waals surface area contributed by atoms with Gasteiger partial charge in [0.25, 0.3) is 0 Å². The fourth-order valence-electron chi connectivity index (χ4n) is 2.17. The minimum atomic E-state index is -0.602. The van der Waals surface area contributed by atoms with Crippen LogP contribution >= 0.6 is 0 Å². The molecule has 106 valence electrons. The van der Waals surface area contributed by atoms with Gasteiger partial charge in [0.2, 0.25) is 0 Å². The quantitative estimate of drug-likeness (QED) is 0.901. The Kier molecular flexibility index (Phi) is 4.04. The van der Waals surface area contributed by atoms with Crippen LogP contribution < -0.4 is 5.73 Å². The number of pyridine rings is 1. The zero-order chi connectivity index (χ0) is 14.8. The molecule has 0 aliphatic carbocycles. The molecule has 0 amide bonds. The summed E-state index contributed by atoms with van der Waals surface area (Å²) in [5.74, 6) is 0.162. The molecule has 20 heavy (non-hydrogen) atoms. The summed E-state index contributed by atoms with van der Waals surface area (Å²) in [7, 11) is 0. The molecule has 4 heteroatoms. The average molecular weight is 274 g/mol. The summed E-state index contributed by atoms with van der Waals surface area (Å²) >= 11 is 0. The smallest absolute Gasteiger partial charge is 0.123 e. The lowest BCUT2D eigenvalue weighted by atomic mass is 9.77. The van der Waals surface area contributed by atoms with Gasteiger partial charge in [0.05, 0.1) is 6.10 Å². The van der Waals surface area contributed by atoms with Gasteiger partial charge in [0.1, 0.15) is 11.6 Å².